The monoisotopic (exact) mass is 553 g/mol. The summed E-state index contributed by atoms with van der Waals surface area (Å²) in [6.07, 6.45) is 1.31. The lowest BCUT2D eigenvalue weighted by molar-refractivity contribution is -0.172. The van der Waals surface area contributed by atoms with Crippen LogP contribution in [0.4, 0.5) is 4.39 Å². The predicted molar refractivity (Wildman–Crippen MR) is 137 cm³/mol. The average Bonchev–Trinajstić information content (AvgIpc) is 3.71. The molecule has 2 aromatic heterocycles. The minimum Gasteiger partial charge on any atom is -0.458 e. The molecule has 202 valence electrons. The summed E-state index contributed by atoms with van der Waals surface area (Å²) in [7, 11) is 0. The molecule has 39 heavy (non-hydrogen) atoms. The summed E-state index contributed by atoms with van der Waals surface area (Å²) in [5.74, 6) is -1.96. The van der Waals surface area contributed by atoms with E-state index in [1.807, 2.05) is 0 Å². The van der Waals surface area contributed by atoms with Crippen molar-refractivity contribution in [2.45, 2.75) is 69.9 Å². The molecule has 3 atom stereocenters. The molecule has 7 rings (SSSR count). The van der Waals surface area contributed by atoms with Gasteiger partial charge in [0.1, 0.15) is 18.5 Å². The molecule has 0 bridgehead atoms. The number of hydrogen-bond donors (Lipinski definition) is 3. The Morgan fingerprint density at radius 1 is 1.28 bits per heavy atom. The van der Waals surface area contributed by atoms with E-state index in [9.17, 15) is 29.0 Å². The fourth-order valence-electron chi connectivity index (χ4n) is 6.38. The molecule has 3 N–H and O–H groups in total. The van der Waals surface area contributed by atoms with Crippen molar-refractivity contribution >= 4 is 34.4 Å². The molecule has 1 amide bonds. The number of fused-ring (bicyclic) bond motifs is 5. The summed E-state index contributed by atoms with van der Waals surface area (Å²) < 4.78 is 21.5. The number of carbonyl (C=O) groups excluding carboxylic acids is 2. The minimum absolute atomic E-state index is 0.0000971. The third-order valence-electron chi connectivity index (χ3n) is 8.70. The van der Waals surface area contributed by atoms with Crippen molar-refractivity contribution in [3.63, 3.8) is 0 Å². The van der Waals surface area contributed by atoms with Gasteiger partial charge in [-0.15, -0.1) is 0 Å². The number of nitrogens with zero attached hydrogens (tertiary/aromatic N) is 2. The van der Waals surface area contributed by atoms with Crippen molar-refractivity contribution in [1.29, 1.82) is 0 Å². The lowest BCUT2D eigenvalue weighted by atomic mass is 9.83. The second kappa shape index (κ2) is 8.33. The van der Waals surface area contributed by atoms with Crippen LogP contribution >= 0.6 is 11.6 Å². The van der Waals surface area contributed by atoms with E-state index in [1.165, 1.54) is 10.6 Å². The first-order valence-corrected chi connectivity index (χ1v) is 13.5. The van der Waals surface area contributed by atoms with Crippen LogP contribution in [0.3, 0.4) is 0 Å². The van der Waals surface area contributed by atoms with Crippen LogP contribution in [0.5, 0.6) is 0 Å². The van der Waals surface area contributed by atoms with E-state index in [-0.39, 0.29) is 41.6 Å². The highest BCUT2D eigenvalue weighted by Gasteiger charge is 2.46. The van der Waals surface area contributed by atoms with Crippen LogP contribution in [0.25, 0.3) is 22.3 Å². The zero-order chi connectivity index (χ0) is 27.4. The van der Waals surface area contributed by atoms with Crippen molar-refractivity contribution in [2.75, 3.05) is 0 Å². The second-order valence-electron chi connectivity index (χ2n) is 10.9. The van der Waals surface area contributed by atoms with Crippen molar-refractivity contribution in [1.82, 2.24) is 14.9 Å². The molecule has 9 nitrogen and oxygen atoms in total. The van der Waals surface area contributed by atoms with Crippen LogP contribution in [0.15, 0.2) is 16.9 Å². The predicted octanol–water partition coefficient (Wildman–Crippen LogP) is 2.75. The maximum atomic E-state index is 14.9. The van der Waals surface area contributed by atoms with Gasteiger partial charge < -0.3 is 24.8 Å². The highest BCUT2D eigenvalue weighted by Crippen LogP contribution is 2.47. The van der Waals surface area contributed by atoms with Gasteiger partial charge in [0.15, 0.2) is 5.60 Å². The molecule has 0 radical (unpaired) electrons. The SMILES string of the molecule is CC[C@@]1(O)C(=O)OCc2c1cc1n(c2=O)Cc2c-1nc1cc(F)c(Cl)c3c1c2C(NC(=O)C(O)C1CC1)CC3. The van der Waals surface area contributed by atoms with Gasteiger partial charge in [0.2, 0.25) is 5.91 Å². The Morgan fingerprint density at radius 2 is 2.05 bits per heavy atom. The molecule has 2 unspecified atom stereocenters. The maximum Gasteiger partial charge on any atom is 0.343 e. The Kier molecular flexibility index (Phi) is 5.27. The smallest absolute Gasteiger partial charge is 0.343 e. The van der Waals surface area contributed by atoms with Crippen LogP contribution in [-0.2, 0) is 39.5 Å². The summed E-state index contributed by atoms with van der Waals surface area (Å²) >= 11 is 6.39. The van der Waals surface area contributed by atoms with Crippen LogP contribution in [-0.4, -0.2) is 37.7 Å². The maximum absolute atomic E-state index is 14.9. The standard InChI is InChI=1S/C28H25ClFN3O6/c1-2-28(38)15-7-19-23-13(9-33(19)26(36)14(15)10-39-27(28)37)21-17(32-25(35)24(34)11-3-4-11)6-5-12-20(21)18(31-23)8-16(30)22(12)29/h7-8,11,17,24,34,38H,2-6,9-10H2,1H3,(H,32,35)/t17?,24?,28-/m0/s1. The number of benzene rings is 1. The summed E-state index contributed by atoms with van der Waals surface area (Å²) in [6, 6.07) is 2.32. The minimum atomic E-state index is -1.97. The molecule has 2 aliphatic carbocycles. The van der Waals surface area contributed by atoms with Gasteiger partial charge in [-0.05, 0) is 55.2 Å². The van der Waals surface area contributed by atoms with Gasteiger partial charge in [-0.1, -0.05) is 18.5 Å². The van der Waals surface area contributed by atoms with Gasteiger partial charge >= 0.3 is 5.97 Å². The highest BCUT2D eigenvalue weighted by molar-refractivity contribution is 6.32. The normalized spacial score (nSPS) is 23.6. The number of esters is 1. The number of ether oxygens (including phenoxy) is 1. The van der Waals surface area contributed by atoms with E-state index in [4.69, 9.17) is 21.3 Å². The quantitative estimate of drug-likeness (QED) is 0.331. The molecule has 1 aromatic carbocycles. The Bertz CT molecular complexity index is 1700. The van der Waals surface area contributed by atoms with E-state index in [2.05, 4.69) is 5.32 Å². The molecule has 3 aromatic rings. The Balaban J connectivity index is 1.46. The molecule has 0 spiro atoms. The number of nitrogens with one attached hydrogen (secondary N) is 1. The Hall–Kier alpha value is -3.34. The number of halogens is 2. The molecule has 1 fully saturated rings. The lowest BCUT2D eigenvalue weighted by Crippen LogP contribution is -2.44. The van der Waals surface area contributed by atoms with Crippen molar-refractivity contribution in [3.05, 3.63) is 61.1 Å². The average molecular weight is 554 g/mol. The number of amides is 1. The molecular weight excluding hydrogens is 529 g/mol. The molecule has 4 heterocycles. The summed E-state index contributed by atoms with van der Waals surface area (Å²) in [6.45, 7) is 1.50. The second-order valence-corrected chi connectivity index (χ2v) is 11.3. The number of aliphatic hydroxyl groups is 2. The number of cyclic esters (lactones) is 1. The first kappa shape index (κ1) is 24.7. The summed E-state index contributed by atoms with van der Waals surface area (Å²) in [4.78, 5) is 43.8. The molecule has 1 saturated carbocycles. The summed E-state index contributed by atoms with van der Waals surface area (Å²) in [5, 5.41) is 25.2. The Morgan fingerprint density at radius 3 is 2.77 bits per heavy atom. The van der Waals surface area contributed by atoms with Crippen LogP contribution in [0.2, 0.25) is 5.02 Å². The van der Waals surface area contributed by atoms with E-state index in [0.717, 1.165) is 12.8 Å². The van der Waals surface area contributed by atoms with E-state index < -0.39 is 41.0 Å². The lowest BCUT2D eigenvalue weighted by Gasteiger charge is -2.31. The van der Waals surface area contributed by atoms with Gasteiger partial charge in [0.25, 0.3) is 5.56 Å². The molecule has 11 heteroatoms. The number of rotatable bonds is 4. The zero-order valence-corrected chi connectivity index (χ0v) is 21.8. The number of hydrogen-bond acceptors (Lipinski definition) is 7. The summed E-state index contributed by atoms with van der Waals surface area (Å²) in [5.41, 5.74) is 1.06. The van der Waals surface area contributed by atoms with E-state index in [1.54, 1.807) is 13.0 Å². The van der Waals surface area contributed by atoms with E-state index in [0.29, 0.717) is 51.8 Å². The van der Waals surface area contributed by atoms with Gasteiger partial charge in [0.05, 0.1) is 40.1 Å². The zero-order valence-electron chi connectivity index (χ0n) is 21.0. The number of aromatic nitrogens is 2. The van der Waals surface area contributed by atoms with E-state index >= 15 is 0 Å². The topological polar surface area (TPSA) is 131 Å². The van der Waals surface area contributed by atoms with Gasteiger partial charge in [-0.2, -0.15) is 0 Å². The van der Waals surface area contributed by atoms with Crippen molar-refractivity contribution in [2.24, 2.45) is 5.92 Å². The van der Waals surface area contributed by atoms with Crippen LogP contribution in [0, 0.1) is 11.7 Å². The number of aryl methyl sites for hydroxylation is 1. The largest absolute Gasteiger partial charge is 0.458 e. The number of pyridine rings is 2. The first-order chi connectivity index (χ1) is 18.6. The van der Waals surface area contributed by atoms with Crippen LogP contribution < -0.4 is 10.9 Å². The molecule has 0 saturated heterocycles. The van der Waals surface area contributed by atoms with Gasteiger partial charge in [0, 0.05) is 22.6 Å². The van der Waals surface area contributed by atoms with Crippen LogP contribution in [0.1, 0.15) is 66.5 Å². The highest BCUT2D eigenvalue weighted by atomic mass is 35.5. The third kappa shape index (κ3) is 3.38. The molecule has 4 aliphatic rings. The van der Waals surface area contributed by atoms with Gasteiger partial charge in [-0.3, -0.25) is 9.59 Å². The fraction of sp³-hybridized carbons (Fsp3) is 0.429. The van der Waals surface area contributed by atoms with Crippen molar-refractivity contribution < 1.29 is 28.9 Å². The molecular formula is C28H25ClFN3O6. The first-order valence-electron chi connectivity index (χ1n) is 13.1. The Labute approximate surface area is 226 Å². The number of aliphatic hydroxyl groups excluding tert-OH is 1. The third-order valence-corrected chi connectivity index (χ3v) is 9.10. The number of carbonyl (C=O) groups is 2. The molecule has 2 aliphatic heterocycles. The van der Waals surface area contributed by atoms with Gasteiger partial charge in [-0.25, -0.2) is 14.2 Å². The van der Waals surface area contributed by atoms with Crippen molar-refractivity contribution in [3.8, 4) is 11.4 Å². The fourth-order valence-corrected chi connectivity index (χ4v) is 6.63.